The lowest BCUT2D eigenvalue weighted by molar-refractivity contribution is -0.125. The molecule has 2 amide bonds. The summed E-state index contributed by atoms with van der Waals surface area (Å²) in [5, 5.41) is 0. The van der Waals surface area contributed by atoms with Crippen LogP contribution in [0, 0.1) is 13.8 Å². The summed E-state index contributed by atoms with van der Waals surface area (Å²) < 4.78 is 0. The zero-order chi connectivity index (χ0) is 20.1. The fourth-order valence-corrected chi connectivity index (χ4v) is 4.91. The fourth-order valence-electron chi connectivity index (χ4n) is 4.91. The number of rotatable bonds is 2. The molecule has 2 aliphatic heterocycles. The molecule has 1 saturated heterocycles. The van der Waals surface area contributed by atoms with E-state index in [1.807, 2.05) is 47.9 Å². The SMILES string of the molecule is Cc1cc(C)cc(C(=O)N2CCC3(CC2)C(=O)N(C(C)C)c2ccccc23)c1. The average molecular weight is 377 g/mol. The van der Waals surface area contributed by atoms with Crippen LogP contribution in [-0.4, -0.2) is 35.8 Å². The summed E-state index contributed by atoms with van der Waals surface area (Å²) in [6.07, 6.45) is 1.37. The molecule has 2 aromatic rings. The highest BCUT2D eigenvalue weighted by Gasteiger charge is 2.52. The molecule has 0 saturated carbocycles. The lowest BCUT2D eigenvalue weighted by Crippen LogP contribution is -2.51. The second-order valence-corrected chi connectivity index (χ2v) is 8.54. The molecule has 2 aromatic carbocycles. The number of carbonyl (C=O) groups excluding carboxylic acids is 2. The van der Waals surface area contributed by atoms with Crippen molar-refractivity contribution >= 4 is 17.5 Å². The maximum absolute atomic E-state index is 13.4. The van der Waals surface area contributed by atoms with Crippen LogP contribution in [0.4, 0.5) is 5.69 Å². The third-order valence-electron chi connectivity index (χ3n) is 6.20. The fraction of sp³-hybridized carbons (Fsp3) is 0.417. The quantitative estimate of drug-likeness (QED) is 0.787. The largest absolute Gasteiger partial charge is 0.339 e. The number of benzene rings is 2. The molecule has 0 radical (unpaired) electrons. The van der Waals surface area contributed by atoms with E-state index in [4.69, 9.17) is 0 Å². The van der Waals surface area contributed by atoms with Crippen molar-refractivity contribution in [1.82, 2.24) is 4.90 Å². The van der Waals surface area contributed by atoms with Crippen molar-refractivity contribution in [3.05, 3.63) is 64.7 Å². The average Bonchev–Trinajstić information content (AvgIpc) is 2.90. The van der Waals surface area contributed by atoms with Crippen LogP contribution in [0.3, 0.4) is 0 Å². The molecule has 2 aliphatic rings. The zero-order valence-corrected chi connectivity index (χ0v) is 17.2. The first-order valence-corrected chi connectivity index (χ1v) is 10.1. The van der Waals surface area contributed by atoms with E-state index in [9.17, 15) is 9.59 Å². The van der Waals surface area contributed by atoms with Gasteiger partial charge in [-0.05, 0) is 64.3 Å². The Bertz CT molecular complexity index is 919. The molecule has 4 rings (SSSR count). The predicted molar refractivity (Wildman–Crippen MR) is 112 cm³/mol. The van der Waals surface area contributed by atoms with Gasteiger partial charge in [0.1, 0.15) is 0 Å². The molecule has 146 valence electrons. The minimum atomic E-state index is -0.486. The normalized spacial score (nSPS) is 18.1. The molecule has 4 nitrogen and oxygen atoms in total. The number of para-hydroxylation sites is 1. The van der Waals surface area contributed by atoms with Crippen molar-refractivity contribution in [2.45, 2.75) is 52.0 Å². The predicted octanol–water partition coefficient (Wildman–Crippen LogP) is 4.23. The van der Waals surface area contributed by atoms with Gasteiger partial charge in [-0.15, -0.1) is 0 Å². The number of likely N-dealkylation sites (tertiary alicyclic amines) is 1. The molecule has 0 atom stereocenters. The number of piperidine rings is 1. The molecule has 0 N–H and O–H groups in total. The van der Waals surface area contributed by atoms with Crippen molar-refractivity contribution in [3.63, 3.8) is 0 Å². The minimum absolute atomic E-state index is 0.0705. The third kappa shape index (κ3) is 2.83. The summed E-state index contributed by atoms with van der Waals surface area (Å²) in [4.78, 5) is 30.3. The lowest BCUT2D eigenvalue weighted by atomic mass is 9.73. The van der Waals surface area contributed by atoms with E-state index in [0.717, 1.165) is 27.9 Å². The van der Waals surface area contributed by atoms with Crippen LogP contribution in [0.15, 0.2) is 42.5 Å². The van der Waals surface area contributed by atoms with Crippen LogP contribution in [0.25, 0.3) is 0 Å². The van der Waals surface area contributed by atoms with Gasteiger partial charge < -0.3 is 9.80 Å². The van der Waals surface area contributed by atoms with Crippen LogP contribution in [-0.2, 0) is 10.2 Å². The molecule has 2 heterocycles. The Kier molecular flexibility index (Phi) is 4.53. The maximum atomic E-state index is 13.4. The molecule has 0 bridgehead atoms. The van der Waals surface area contributed by atoms with E-state index in [1.165, 1.54) is 0 Å². The molecule has 0 aromatic heterocycles. The van der Waals surface area contributed by atoms with Crippen LogP contribution >= 0.6 is 0 Å². The Morgan fingerprint density at radius 1 is 1.00 bits per heavy atom. The second kappa shape index (κ2) is 6.77. The van der Waals surface area contributed by atoms with E-state index in [2.05, 4.69) is 32.0 Å². The molecule has 28 heavy (non-hydrogen) atoms. The summed E-state index contributed by atoms with van der Waals surface area (Å²) in [7, 11) is 0. The first kappa shape index (κ1) is 18.7. The van der Waals surface area contributed by atoms with E-state index in [-0.39, 0.29) is 17.9 Å². The van der Waals surface area contributed by atoms with Crippen LogP contribution in [0.1, 0.15) is 53.7 Å². The van der Waals surface area contributed by atoms with Crippen molar-refractivity contribution in [3.8, 4) is 0 Å². The highest BCUT2D eigenvalue weighted by molar-refractivity contribution is 6.08. The summed E-state index contributed by atoms with van der Waals surface area (Å²) in [6.45, 7) is 9.38. The van der Waals surface area contributed by atoms with Gasteiger partial charge in [0.25, 0.3) is 5.91 Å². The minimum Gasteiger partial charge on any atom is -0.339 e. The number of anilines is 1. The molecular formula is C24H28N2O2. The number of hydrogen-bond donors (Lipinski definition) is 0. The van der Waals surface area contributed by atoms with Gasteiger partial charge in [0, 0.05) is 30.4 Å². The molecule has 0 unspecified atom stereocenters. The van der Waals surface area contributed by atoms with E-state index < -0.39 is 5.41 Å². The van der Waals surface area contributed by atoms with Gasteiger partial charge in [-0.1, -0.05) is 35.4 Å². The van der Waals surface area contributed by atoms with Crippen molar-refractivity contribution < 1.29 is 9.59 Å². The van der Waals surface area contributed by atoms with Crippen molar-refractivity contribution in [2.24, 2.45) is 0 Å². The van der Waals surface area contributed by atoms with Gasteiger partial charge in [-0.3, -0.25) is 9.59 Å². The number of aryl methyl sites for hydroxylation is 2. The second-order valence-electron chi connectivity index (χ2n) is 8.54. The van der Waals surface area contributed by atoms with Gasteiger partial charge >= 0.3 is 0 Å². The van der Waals surface area contributed by atoms with E-state index in [1.54, 1.807) is 0 Å². The lowest BCUT2D eigenvalue weighted by Gasteiger charge is -2.39. The van der Waals surface area contributed by atoms with Crippen LogP contribution in [0.2, 0.25) is 0 Å². The Morgan fingerprint density at radius 3 is 2.21 bits per heavy atom. The molecule has 1 spiro atoms. The van der Waals surface area contributed by atoms with E-state index in [0.29, 0.717) is 25.9 Å². The number of amides is 2. The van der Waals surface area contributed by atoms with Gasteiger partial charge in [0.05, 0.1) is 5.41 Å². The topological polar surface area (TPSA) is 40.6 Å². The summed E-state index contributed by atoms with van der Waals surface area (Å²) in [5.74, 6) is 0.267. The Labute approximate surface area is 167 Å². The highest BCUT2D eigenvalue weighted by atomic mass is 16.2. The smallest absolute Gasteiger partial charge is 0.253 e. The summed E-state index contributed by atoms with van der Waals surface area (Å²) >= 11 is 0. The Morgan fingerprint density at radius 2 is 1.61 bits per heavy atom. The Hall–Kier alpha value is -2.62. The molecular weight excluding hydrogens is 348 g/mol. The Balaban J connectivity index is 1.60. The van der Waals surface area contributed by atoms with Gasteiger partial charge in [-0.2, -0.15) is 0 Å². The summed E-state index contributed by atoms with van der Waals surface area (Å²) in [6, 6.07) is 14.3. The number of carbonyl (C=O) groups is 2. The van der Waals surface area contributed by atoms with Crippen molar-refractivity contribution in [1.29, 1.82) is 0 Å². The van der Waals surface area contributed by atoms with Crippen molar-refractivity contribution in [2.75, 3.05) is 18.0 Å². The van der Waals surface area contributed by atoms with Gasteiger partial charge in [0.2, 0.25) is 5.91 Å². The van der Waals surface area contributed by atoms with Gasteiger partial charge in [-0.25, -0.2) is 0 Å². The molecule has 4 heteroatoms. The summed E-state index contributed by atoms with van der Waals surface area (Å²) in [5.41, 5.74) is 4.63. The van der Waals surface area contributed by atoms with Gasteiger partial charge in [0.15, 0.2) is 0 Å². The maximum Gasteiger partial charge on any atom is 0.253 e. The first-order valence-electron chi connectivity index (χ1n) is 10.1. The number of nitrogens with zero attached hydrogens (tertiary/aromatic N) is 2. The standard InChI is InChI=1S/C24H28N2O2/c1-16(2)26-21-8-6-5-7-20(21)24(23(26)28)9-11-25(12-10-24)22(27)19-14-17(3)13-18(4)15-19/h5-8,13-16H,9-12H2,1-4H3. The molecule has 0 aliphatic carbocycles. The highest BCUT2D eigenvalue weighted by Crippen LogP contribution is 2.48. The van der Waals surface area contributed by atoms with Crippen LogP contribution < -0.4 is 4.90 Å². The zero-order valence-electron chi connectivity index (χ0n) is 17.2. The number of hydrogen-bond acceptors (Lipinski definition) is 2. The monoisotopic (exact) mass is 376 g/mol. The van der Waals surface area contributed by atoms with Crippen LogP contribution in [0.5, 0.6) is 0 Å². The molecule has 1 fully saturated rings. The first-order chi connectivity index (χ1) is 13.3. The number of fused-ring (bicyclic) bond motifs is 2. The van der Waals surface area contributed by atoms with E-state index >= 15 is 0 Å². The third-order valence-corrected chi connectivity index (χ3v) is 6.20.